The van der Waals surface area contributed by atoms with Gasteiger partial charge in [0.1, 0.15) is 18.7 Å². The van der Waals surface area contributed by atoms with Gasteiger partial charge in [-0.05, 0) is 48.8 Å². The predicted molar refractivity (Wildman–Crippen MR) is 157 cm³/mol. The van der Waals surface area contributed by atoms with Crippen molar-refractivity contribution in [3.63, 3.8) is 0 Å². The van der Waals surface area contributed by atoms with Crippen LogP contribution in [0.3, 0.4) is 0 Å². The molecule has 0 bridgehead atoms. The Hall–Kier alpha value is -3.64. The number of hydrogen-bond donors (Lipinski definition) is 4. The molecule has 2 fully saturated rings. The number of ether oxygens (including phenoxy) is 1. The topological polar surface area (TPSA) is 134 Å². The van der Waals surface area contributed by atoms with Gasteiger partial charge in [0, 0.05) is 6.54 Å². The molecule has 0 radical (unpaired) electrons. The van der Waals surface area contributed by atoms with Gasteiger partial charge in [-0.2, -0.15) is 13.2 Å². The molecule has 240 valence electrons. The Morgan fingerprint density at radius 1 is 0.955 bits per heavy atom. The third-order valence-corrected chi connectivity index (χ3v) is 8.63. The molecule has 0 unspecified atom stereocenters. The molecular formula is C32H41F3N4O5. The molecule has 2 aromatic carbocycles. The highest BCUT2D eigenvalue weighted by molar-refractivity contribution is 5.90. The van der Waals surface area contributed by atoms with Crippen molar-refractivity contribution in [2.75, 3.05) is 13.1 Å². The van der Waals surface area contributed by atoms with Crippen molar-refractivity contribution < 1.29 is 37.4 Å². The standard InChI is InChI=1S/C32H41F3N4O5/c33-32(34,35)29-24-14-8-7-13-23(24)15-16-39(29)19-27(40)25(17-21-9-3-1-4-10-21)37-30(42)26(18-28(36)41)38-31(43)44-20-22-11-5-2-6-12-22/h1-6,9-12,23-27,29,40H,7-8,13-20H2,(H2,36,41)(H,37,42)(H,38,43)/t23-,24-,25+,26+,27-,29+/m1/s1. The lowest BCUT2D eigenvalue weighted by Crippen LogP contribution is -2.61. The van der Waals surface area contributed by atoms with Gasteiger partial charge in [0.05, 0.1) is 18.6 Å². The Bertz CT molecular complexity index is 1230. The van der Waals surface area contributed by atoms with E-state index >= 15 is 0 Å². The Balaban J connectivity index is 1.48. The molecular weight excluding hydrogens is 577 g/mol. The molecule has 2 aliphatic rings. The van der Waals surface area contributed by atoms with Crippen molar-refractivity contribution in [3.8, 4) is 0 Å². The van der Waals surface area contributed by atoms with Crippen molar-refractivity contribution in [2.45, 2.75) is 82.0 Å². The summed E-state index contributed by atoms with van der Waals surface area (Å²) in [7, 11) is 0. The zero-order valence-corrected chi connectivity index (χ0v) is 24.5. The van der Waals surface area contributed by atoms with Gasteiger partial charge >= 0.3 is 12.3 Å². The smallest absolute Gasteiger partial charge is 0.408 e. The zero-order valence-electron chi connectivity index (χ0n) is 24.5. The van der Waals surface area contributed by atoms with Crippen molar-refractivity contribution >= 4 is 17.9 Å². The third kappa shape index (κ3) is 9.43. The molecule has 4 rings (SSSR count). The third-order valence-electron chi connectivity index (χ3n) is 8.63. The number of fused-ring (bicyclic) bond motifs is 1. The summed E-state index contributed by atoms with van der Waals surface area (Å²) in [5, 5.41) is 16.4. The molecule has 3 amide bonds. The second kappa shape index (κ2) is 15.4. The number of carbonyl (C=O) groups excluding carboxylic acids is 3. The van der Waals surface area contributed by atoms with Gasteiger partial charge in [-0.15, -0.1) is 0 Å². The first-order valence-electron chi connectivity index (χ1n) is 15.1. The number of alkyl carbamates (subject to hydrolysis) is 1. The summed E-state index contributed by atoms with van der Waals surface area (Å²) in [5.74, 6) is -2.21. The van der Waals surface area contributed by atoms with Gasteiger partial charge in [-0.3, -0.25) is 14.5 Å². The summed E-state index contributed by atoms with van der Waals surface area (Å²) in [4.78, 5) is 39.0. The number of halogens is 3. The fraction of sp³-hybridized carbons (Fsp3) is 0.531. The Kier molecular flexibility index (Phi) is 11.6. The normalized spacial score (nSPS) is 22.6. The lowest BCUT2D eigenvalue weighted by Gasteiger charge is -2.49. The van der Waals surface area contributed by atoms with E-state index < -0.39 is 60.7 Å². The lowest BCUT2D eigenvalue weighted by molar-refractivity contribution is -0.219. The number of amides is 3. The van der Waals surface area contributed by atoms with E-state index in [1.54, 1.807) is 60.7 Å². The average molecular weight is 619 g/mol. The van der Waals surface area contributed by atoms with Gasteiger partial charge in [-0.1, -0.05) is 79.9 Å². The van der Waals surface area contributed by atoms with Crippen LogP contribution in [0.2, 0.25) is 0 Å². The Morgan fingerprint density at radius 2 is 1.59 bits per heavy atom. The molecule has 1 saturated carbocycles. The Morgan fingerprint density at radius 3 is 2.23 bits per heavy atom. The molecule has 12 heteroatoms. The number of benzene rings is 2. The first-order valence-corrected chi connectivity index (χ1v) is 15.1. The van der Waals surface area contributed by atoms with E-state index in [0.717, 1.165) is 24.8 Å². The average Bonchev–Trinajstić information content (AvgIpc) is 2.99. The summed E-state index contributed by atoms with van der Waals surface area (Å²) in [5.41, 5.74) is 6.79. The fourth-order valence-corrected chi connectivity index (χ4v) is 6.53. The maximum absolute atomic E-state index is 14.4. The van der Waals surface area contributed by atoms with Crippen molar-refractivity contribution in [3.05, 3.63) is 71.8 Å². The van der Waals surface area contributed by atoms with E-state index in [1.165, 1.54) is 4.90 Å². The van der Waals surface area contributed by atoms with Crippen molar-refractivity contribution in [2.24, 2.45) is 17.6 Å². The number of nitrogens with one attached hydrogen (secondary N) is 2. The van der Waals surface area contributed by atoms with Crippen LogP contribution in [0.1, 0.15) is 49.7 Å². The van der Waals surface area contributed by atoms with Crippen LogP contribution >= 0.6 is 0 Å². The molecule has 1 aliphatic carbocycles. The van der Waals surface area contributed by atoms with Gasteiger partial charge in [0.15, 0.2) is 0 Å². The Labute approximate surface area is 255 Å². The number of aliphatic hydroxyl groups excluding tert-OH is 1. The SMILES string of the molecule is NC(=O)C[C@H](NC(=O)OCc1ccccc1)C(=O)N[C@@H](Cc1ccccc1)[C@H](O)CN1CC[C@H]2CCCC[C@H]2[C@H]1C(F)(F)F. The first-order chi connectivity index (χ1) is 21.0. The molecule has 1 saturated heterocycles. The molecule has 0 spiro atoms. The quantitative estimate of drug-likeness (QED) is 0.287. The number of alkyl halides is 3. The number of hydrogen-bond acceptors (Lipinski definition) is 6. The number of aliphatic hydroxyl groups is 1. The van der Waals surface area contributed by atoms with E-state index in [9.17, 15) is 32.7 Å². The minimum absolute atomic E-state index is 0.00543. The second-order valence-electron chi connectivity index (χ2n) is 11.8. The number of primary amides is 1. The van der Waals surface area contributed by atoms with Crippen LogP contribution in [0.4, 0.5) is 18.0 Å². The first kappa shape index (κ1) is 33.3. The number of rotatable bonds is 12. The highest BCUT2D eigenvalue weighted by Gasteiger charge is 2.53. The van der Waals surface area contributed by atoms with Gasteiger partial charge in [0.25, 0.3) is 0 Å². The van der Waals surface area contributed by atoms with Gasteiger partial charge < -0.3 is 26.2 Å². The van der Waals surface area contributed by atoms with Crippen LogP contribution < -0.4 is 16.4 Å². The summed E-state index contributed by atoms with van der Waals surface area (Å²) >= 11 is 0. The van der Waals surface area contributed by atoms with E-state index in [-0.39, 0.29) is 32.0 Å². The molecule has 1 aliphatic heterocycles. The second-order valence-corrected chi connectivity index (χ2v) is 11.8. The highest BCUT2D eigenvalue weighted by Crippen LogP contribution is 2.45. The largest absolute Gasteiger partial charge is 0.445 e. The number of carbonyl (C=O) groups is 3. The monoisotopic (exact) mass is 618 g/mol. The number of β-amino-alcohol motifs (C(OH)–C–C–N with tert-alkyl or cyclic N) is 1. The maximum Gasteiger partial charge on any atom is 0.408 e. The van der Waals surface area contributed by atoms with Crippen molar-refractivity contribution in [1.82, 2.24) is 15.5 Å². The fourth-order valence-electron chi connectivity index (χ4n) is 6.53. The number of likely N-dealkylation sites (tertiary alicyclic amines) is 1. The molecule has 5 N–H and O–H groups in total. The van der Waals surface area contributed by atoms with E-state index in [0.29, 0.717) is 18.4 Å². The van der Waals surface area contributed by atoms with Gasteiger partial charge in [-0.25, -0.2) is 4.79 Å². The van der Waals surface area contributed by atoms with Crippen LogP contribution in [0, 0.1) is 11.8 Å². The molecule has 9 nitrogen and oxygen atoms in total. The number of piperidine rings is 1. The molecule has 6 atom stereocenters. The minimum Gasteiger partial charge on any atom is -0.445 e. The van der Waals surface area contributed by atoms with Gasteiger partial charge in [0.2, 0.25) is 11.8 Å². The predicted octanol–water partition coefficient (Wildman–Crippen LogP) is 3.69. The van der Waals surface area contributed by atoms with E-state index in [1.807, 2.05) is 0 Å². The number of nitrogens with zero attached hydrogens (tertiary/aromatic N) is 1. The summed E-state index contributed by atoms with van der Waals surface area (Å²) < 4.78 is 48.4. The van der Waals surface area contributed by atoms with Crippen molar-refractivity contribution in [1.29, 1.82) is 0 Å². The van der Waals surface area contributed by atoms with E-state index in [2.05, 4.69) is 10.6 Å². The summed E-state index contributed by atoms with van der Waals surface area (Å²) in [6.07, 6.45) is -3.68. The highest BCUT2D eigenvalue weighted by atomic mass is 19.4. The minimum atomic E-state index is -4.46. The molecule has 0 aromatic heterocycles. The zero-order chi connectivity index (χ0) is 31.7. The van der Waals surface area contributed by atoms with Crippen LogP contribution in [0.5, 0.6) is 0 Å². The summed E-state index contributed by atoms with van der Waals surface area (Å²) in [6.45, 7) is -0.198. The number of nitrogens with two attached hydrogens (primary N) is 1. The molecule has 44 heavy (non-hydrogen) atoms. The van der Waals surface area contributed by atoms with Crippen LogP contribution in [0.15, 0.2) is 60.7 Å². The van der Waals surface area contributed by atoms with Crippen LogP contribution in [-0.4, -0.2) is 71.4 Å². The van der Waals surface area contributed by atoms with Crippen LogP contribution in [-0.2, 0) is 27.4 Å². The maximum atomic E-state index is 14.4. The molecule has 2 aromatic rings. The molecule has 1 heterocycles. The summed E-state index contributed by atoms with van der Waals surface area (Å²) in [6, 6.07) is 13.6. The lowest BCUT2D eigenvalue weighted by atomic mass is 9.70. The van der Waals surface area contributed by atoms with Crippen LogP contribution in [0.25, 0.3) is 0 Å². The van der Waals surface area contributed by atoms with E-state index in [4.69, 9.17) is 10.5 Å².